The third kappa shape index (κ3) is 5.25. The van der Waals surface area contributed by atoms with Gasteiger partial charge in [-0.05, 0) is 19.3 Å². The van der Waals surface area contributed by atoms with Crippen LogP contribution in [-0.4, -0.2) is 52.0 Å². The van der Waals surface area contributed by atoms with Crippen LogP contribution >= 0.6 is 38.2 Å². The number of carbonyl (C=O) groups is 1. The van der Waals surface area contributed by atoms with E-state index in [-0.39, 0.29) is 13.0 Å². The van der Waals surface area contributed by atoms with E-state index >= 15 is 0 Å². The third-order valence-electron chi connectivity index (χ3n) is 2.26. The molecule has 3 N–H and O–H groups in total. The van der Waals surface area contributed by atoms with Crippen LogP contribution in [0.4, 0.5) is 0 Å². The van der Waals surface area contributed by atoms with Crippen LogP contribution in [0.2, 0.25) is 0 Å². The highest BCUT2D eigenvalue weighted by Crippen LogP contribution is 2.25. The average molecular weight is 304 g/mol. The van der Waals surface area contributed by atoms with Crippen molar-refractivity contribution in [1.82, 2.24) is 0 Å². The van der Waals surface area contributed by atoms with Crippen molar-refractivity contribution in [2.24, 2.45) is 5.41 Å². The Balaban J connectivity index is 4.19. The SMILES string of the molecule is O=C(OCCC(CO)(CO)CO)C(S)(S)OS. The molecule has 0 saturated heterocycles. The molecule has 0 fully saturated rings. The smallest absolute Gasteiger partial charge is 0.360 e. The Morgan fingerprint density at radius 2 is 1.59 bits per heavy atom. The van der Waals surface area contributed by atoms with Crippen molar-refractivity contribution >= 4 is 44.1 Å². The number of thiol groups is 3. The van der Waals surface area contributed by atoms with Crippen molar-refractivity contribution in [3.05, 3.63) is 0 Å². The fraction of sp³-hybridized carbons (Fsp3) is 0.875. The maximum Gasteiger partial charge on any atom is 0.360 e. The number of carbonyl (C=O) groups excluding carboxylic acids is 1. The molecule has 9 heteroatoms. The van der Waals surface area contributed by atoms with E-state index < -0.39 is 35.5 Å². The molecule has 0 radical (unpaired) electrons. The van der Waals surface area contributed by atoms with E-state index in [1.54, 1.807) is 0 Å². The van der Waals surface area contributed by atoms with E-state index in [1.807, 2.05) is 0 Å². The van der Waals surface area contributed by atoms with Gasteiger partial charge in [0.2, 0.25) is 0 Å². The van der Waals surface area contributed by atoms with Crippen LogP contribution in [0.3, 0.4) is 0 Å². The summed E-state index contributed by atoms with van der Waals surface area (Å²) in [5.74, 6) is -0.873. The van der Waals surface area contributed by atoms with E-state index in [0.717, 1.165) is 0 Å². The Morgan fingerprint density at radius 3 is 1.94 bits per heavy atom. The lowest BCUT2D eigenvalue weighted by Gasteiger charge is -2.27. The molecule has 0 aromatic rings. The standard InChI is InChI=1S/C8H16O6S3/c9-3-7(4-10,5-11)1-2-13-6(12)8(15,16)14-17/h9-11,15-17H,1-5H2. The van der Waals surface area contributed by atoms with E-state index in [4.69, 9.17) is 20.1 Å². The van der Waals surface area contributed by atoms with Crippen LogP contribution in [0.25, 0.3) is 0 Å². The molecule has 0 spiro atoms. The number of esters is 1. The lowest BCUT2D eigenvalue weighted by atomic mass is 9.88. The third-order valence-corrected chi connectivity index (χ3v) is 3.37. The van der Waals surface area contributed by atoms with Crippen LogP contribution < -0.4 is 0 Å². The number of ether oxygens (including phenoxy) is 1. The Labute approximate surface area is 116 Å². The zero-order chi connectivity index (χ0) is 13.5. The summed E-state index contributed by atoms with van der Waals surface area (Å²) in [7, 11) is 0. The van der Waals surface area contributed by atoms with Gasteiger partial charge in [-0.15, -0.1) is 25.3 Å². The summed E-state index contributed by atoms with van der Waals surface area (Å²) >= 11 is 10.9. The molecular weight excluding hydrogens is 288 g/mol. The first kappa shape index (κ1) is 17.4. The predicted molar refractivity (Wildman–Crippen MR) is 70.0 cm³/mol. The summed E-state index contributed by atoms with van der Waals surface area (Å²) in [6.45, 7) is -1.39. The fourth-order valence-corrected chi connectivity index (χ4v) is 1.08. The molecular formula is C8H16O6S3. The maximum atomic E-state index is 11.3. The van der Waals surface area contributed by atoms with Crippen molar-refractivity contribution < 1.29 is 29.0 Å². The normalized spacial score (nSPS) is 12.6. The van der Waals surface area contributed by atoms with Gasteiger partial charge >= 0.3 is 5.97 Å². The molecule has 0 unspecified atom stereocenters. The molecule has 0 aliphatic carbocycles. The number of hydrogen-bond donors (Lipinski definition) is 6. The Hall–Kier alpha value is 0.360. The van der Waals surface area contributed by atoms with Gasteiger partial charge in [0.1, 0.15) is 0 Å². The second kappa shape index (κ2) is 7.72. The molecule has 0 heterocycles. The van der Waals surface area contributed by atoms with Gasteiger partial charge in [-0.2, -0.15) is 0 Å². The molecule has 0 aromatic heterocycles. The molecule has 0 rings (SSSR count). The van der Waals surface area contributed by atoms with E-state index in [2.05, 4.69) is 42.4 Å². The van der Waals surface area contributed by atoms with E-state index in [1.165, 1.54) is 0 Å². The molecule has 17 heavy (non-hydrogen) atoms. The fourth-order valence-electron chi connectivity index (χ4n) is 0.879. The van der Waals surface area contributed by atoms with Gasteiger partial charge in [-0.25, -0.2) is 4.79 Å². The number of aliphatic hydroxyl groups is 3. The van der Waals surface area contributed by atoms with Crippen molar-refractivity contribution in [3.63, 3.8) is 0 Å². The zero-order valence-corrected chi connectivity index (χ0v) is 11.6. The van der Waals surface area contributed by atoms with Crippen LogP contribution in [0, 0.1) is 5.41 Å². The van der Waals surface area contributed by atoms with Gasteiger partial charge in [0.25, 0.3) is 4.27 Å². The molecule has 0 aliphatic heterocycles. The van der Waals surface area contributed by atoms with Crippen molar-refractivity contribution in [1.29, 1.82) is 0 Å². The minimum atomic E-state index is -1.77. The van der Waals surface area contributed by atoms with Crippen LogP contribution in [0.1, 0.15) is 6.42 Å². The van der Waals surface area contributed by atoms with Gasteiger partial charge < -0.3 is 20.1 Å². The predicted octanol–water partition coefficient (Wildman–Crippen LogP) is -0.742. The summed E-state index contributed by atoms with van der Waals surface area (Å²) in [6, 6.07) is 0. The summed E-state index contributed by atoms with van der Waals surface area (Å²) < 4.78 is 7.35. The summed E-state index contributed by atoms with van der Waals surface area (Å²) in [4.78, 5) is 11.3. The lowest BCUT2D eigenvalue weighted by Crippen LogP contribution is -2.36. The molecule has 0 bridgehead atoms. The first-order valence-corrected chi connectivity index (χ1v) is 5.90. The maximum absolute atomic E-state index is 11.3. The summed E-state index contributed by atoms with van der Waals surface area (Å²) in [5.41, 5.74) is -1.09. The zero-order valence-electron chi connectivity index (χ0n) is 8.94. The molecule has 0 amide bonds. The topological polar surface area (TPSA) is 96.2 Å². The second-order valence-corrected chi connectivity index (χ2v) is 5.35. The van der Waals surface area contributed by atoms with Crippen molar-refractivity contribution in [3.8, 4) is 0 Å². The number of rotatable bonds is 8. The van der Waals surface area contributed by atoms with Gasteiger partial charge in [-0.1, -0.05) is 0 Å². The van der Waals surface area contributed by atoms with Gasteiger partial charge in [0.05, 0.1) is 26.4 Å². The molecule has 0 saturated carbocycles. The van der Waals surface area contributed by atoms with E-state index in [9.17, 15) is 4.79 Å². The highest BCUT2D eigenvalue weighted by atomic mass is 32.2. The summed E-state index contributed by atoms with van der Waals surface area (Å²) in [6.07, 6.45) is 0.0897. The molecule has 102 valence electrons. The van der Waals surface area contributed by atoms with Gasteiger partial charge in [0, 0.05) is 5.41 Å². The van der Waals surface area contributed by atoms with E-state index in [0.29, 0.717) is 0 Å². The quantitative estimate of drug-likeness (QED) is 0.153. The Bertz CT molecular complexity index is 235. The minimum Gasteiger partial charge on any atom is -0.462 e. The van der Waals surface area contributed by atoms with Crippen LogP contribution in [0.15, 0.2) is 0 Å². The number of hydrogen-bond acceptors (Lipinski definition) is 9. The van der Waals surface area contributed by atoms with Gasteiger partial charge in [0.15, 0.2) is 0 Å². The molecule has 0 aliphatic rings. The van der Waals surface area contributed by atoms with Crippen LogP contribution in [0.5, 0.6) is 0 Å². The largest absolute Gasteiger partial charge is 0.462 e. The second-order valence-electron chi connectivity index (χ2n) is 3.56. The van der Waals surface area contributed by atoms with Crippen molar-refractivity contribution in [2.45, 2.75) is 10.7 Å². The Morgan fingerprint density at radius 1 is 1.12 bits per heavy atom. The molecule has 0 atom stereocenters. The van der Waals surface area contributed by atoms with Gasteiger partial charge in [-0.3, -0.25) is 4.18 Å². The molecule has 0 aromatic carbocycles. The first-order valence-electron chi connectivity index (χ1n) is 4.64. The number of aliphatic hydroxyl groups excluding tert-OH is 3. The van der Waals surface area contributed by atoms with Crippen molar-refractivity contribution in [2.75, 3.05) is 26.4 Å². The minimum absolute atomic E-state index is 0.0897. The lowest BCUT2D eigenvalue weighted by molar-refractivity contribution is -0.150. The molecule has 6 nitrogen and oxygen atoms in total. The summed E-state index contributed by atoms with van der Waals surface area (Å²) in [5, 5.41) is 27.1. The first-order chi connectivity index (χ1) is 7.87. The highest BCUT2D eigenvalue weighted by molar-refractivity contribution is 8.02. The highest BCUT2D eigenvalue weighted by Gasteiger charge is 2.34. The average Bonchev–Trinajstić information content (AvgIpc) is 2.35. The Kier molecular flexibility index (Phi) is 7.88. The monoisotopic (exact) mass is 304 g/mol. The van der Waals surface area contributed by atoms with Crippen LogP contribution in [-0.2, 0) is 13.7 Å².